The van der Waals surface area contributed by atoms with E-state index in [4.69, 9.17) is 14.2 Å². The summed E-state index contributed by atoms with van der Waals surface area (Å²) in [7, 11) is 3.75. The minimum atomic E-state index is -0.321. The number of thiophene rings is 1. The van der Waals surface area contributed by atoms with Gasteiger partial charge in [-0.15, -0.1) is 0 Å². The lowest BCUT2D eigenvalue weighted by Gasteiger charge is -2.27. The fourth-order valence-electron chi connectivity index (χ4n) is 3.63. The minimum Gasteiger partial charge on any atom is -0.493 e. The Morgan fingerprint density at radius 1 is 1.33 bits per heavy atom. The fraction of sp³-hybridized carbons (Fsp3) is 0.381. The van der Waals surface area contributed by atoms with Crippen LogP contribution < -0.4 is 14.4 Å². The molecule has 0 spiro atoms. The molecule has 1 aromatic heterocycles. The first-order valence-corrected chi connectivity index (χ1v) is 10.1. The van der Waals surface area contributed by atoms with E-state index in [0.29, 0.717) is 12.0 Å². The van der Waals surface area contributed by atoms with Gasteiger partial charge in [0.25, 0.3) is 0 Å². The molecule has 2 atom stereocenters. The van der Waals surface area contributed by atoms with Crippen LogP contribution in [0.1, 0.15) is 35.2 Å². The van der Waals surface area contributed by atoms with Gasteiger partial charge in [0.1, 0.15) is 12.2 Å². The van der Waals surface area contributed by atoms with E-state index in [9.17, 15) is 4.79 Å². The third kappa shape index (κ3) is 3.67. The van der Waals surface area contributed by atoms with Crippen LogP contribution >= 0.6 is 11.3 Å². The third-order valence-electron chi connectivity index (χ3n) is 5.06. The fourth-order valence-corrected chi connectivity index (χ4v) is 4.25. The van der Waals surface area contributed by atoms with Gasteiger partial charge in [0.05, 0.1) is 12.7 Å². The SMILES string of the molecule is COc1ccc2c3c1OC(CCCN2C)C[C@@H](OC(=O)c1ccsc1)C=C3. The molecule has 0 aliphatic carbocycles. The molecule has 0 fully saturated rings. The Bertz CT molecular complexity index is 846. The number of hydrogen-bond donors (Lipinski definition) is 0. The number of benzene rings is 1. The maximum atomic E-state index is 12.4. The standard InChI is InChI=1S/C21H23NO4S/c1-22-10-3-4-15-12-16(26-21(23)14-9-11-27-13-14)5-6-17-18(22)7-8-19(24-2)20(17)25-15/h5-9,11,13,15-16H,3-4,10,12H2,1-2H3/t15?,16-/m0/s1. The molecule has 0 radical (unpaired) electrons. The van der Waals surface area contributed by atoms with Gasteiger partial charge in [-0.25, -0.2) is 4.79 Å². The van der Waals surface area contributed by atoms with Gasteiger partial charge in [0.15, 0.2) is 11.5 Å². The van der Waals surface area contributed by atoms with E-state index in [2.05, 4.69) is 18.0 Å². The maximum Gasteiger partial charge on any atom is 0.339 e. The van der Waals surface area contributed by atoms with Crippen LogP contribution in [0.15, 0.2) is 35.0 Å². The molecule has 5 nitrogen and oxygen atoms in total. The second-order valence-corrected chi connectivity index (χ2v) is 7.66. The van der Waals surface area contributed by atoms with Crippen molar-refractivity contribution in [1.29, 1.82) is 0 Å². The van der Waals surface area contributed by atoms with E-state index in [1.165, 1.54) is 11.3 Å². The van der Waals surface area contributed by atoms with Crippen molar-refractivity contribution in [2.75, 3.05) is 25.6 Å². The summed E-state index contributed by atoms with van der Waals surface area (Å²) in [5.74, 6) is 1.21. The second-order valence-electron chi connectivity index (χ2n) is 6.88. The molecule has 0 amide bonds. The zero-order valence-corrected chi connectivity index (χ0v) is 16.3. The van der Waals surface area contributed by atoms with Crippen LogP contribution in [0.25, 0.3) is 6.08 Å². The Labute approximate surface area is 163 Å². The molecule has 3 heterocycles. The molecule has 0 saturated heterocycles. The van der Waals surface area contributed by atoms with E-state index < -0.39 is 0 Å². The first kappa shape index (κ1) is 17.9. The van der Waals surface area contributed by atoms with Gasteiger partial charge in [0.2, 0.25) is 0 Å². The van der Waals surface area contributed by atoms with Crippen LogP contribution in [0.5, 0.6) is 11.5 Å². The quantitative estimate of drug-likeness (QED) is 0.734. The highest BCUT2D eigenvalue weighted by Gasteiger charge is 2.28. The van der Waals surface area contributed by atoms with E-state index in [1.807, 2.05) is 29.0 Å². The van der Waals surface area contributed by atoms with Crippen molar-refractivity contribution in [3.05, 3.63) is 46.2 Å². The molecule has 4 rings (SSSR count). The van der Waals surface area contributed by atoms with Gasteiger partial charge in [-0.05, 0) is 48.6 Å². The predicted molar refractivity (Wildman–Crippen MR) is 107 cm³/mol. The smallest absolute Gasteiger partial charge is 0.339 e. The number of anilines is 1. The molecule has 0 saturated carbocycles. The van der Waals surface area contributed by atoms with Crippen molar-refractivity contribution in [2.24, 2.45) is 0 Å². The number of fused-ring (bicyclic) bond motifs is 1. The molecule has 6 heteroatoms. The number of carbonyl (C=O) groups is 1. The van der Waals surface area contributed by atoms with Crippen molar-refractivity contribution < 1.29 is 19.0 Å². The van der Waals surface area contributed by atoms with Crippen molar-refractivity contribution in [2.45, 2.75) is 31.5 Å². The third-order valence-corrected chi connectivity index (χ3v) is 5.74. The topological polar surface area (TPSA) is 48.0 Å². The van der Waals surface area contributed by atoms with E-state index in [-0.39, 0.29) is 18.2 Å². The average Bonchev–Trinajstić information content (AvgIpc) is 3.18. The number of carbonyl (C=O) groups excluding carboxylic acids is 1. The first-order chi connectivity index (χ1) is 13.2. The van der Waals surface area contributed by atoms with Crippen LogP contribution in [0.3, 0.4) is 0 Å². The molecular weight excluding hydrogens is 362 g/mol. The molecular formula is C21H23NO4S. The average molecular weight is 385 g/mol. The van der Waals surface area contributed by atoms with Crippen molar-refractivity contribution >= 4 is 29.1 Å². The molecule has 2 aliphatic heterocycles. The van der Waals surface area contributed by atoms with Crippen LogP contribution in [-0.4, -0.2) is 38.9 Å². The lowest BCUT2D eigenvalue weighted by atomic mass is 10.0. The number of nitrogens with zero attached hydrogens (tertiary/aromatic N) is 1. The maximum absolute atomic E-state index is 12.4. The Morgan fingerprint density at radius 2 is 2.22 bits per heavy atom. The van der Waals surface area contributed by atoms with Crippen molar-refractivity contribution in [3.63, 3.8) is 0 Å². The number of hydrogen-bond acceptors (Lipinski definition) is 6. The Kier molecular flexibility index (Phi) is 5.07. The van der Waals surface area contributed by atoms with Gasteiger partial charge in [0, 0.05) is 36.6 Å². The highest BCUT2D eigenvalue weighted by molar-refractivity contribution is 7.08. The van der Waals surface area contributed by atoms with Crippen LogP contribution in [0.4, 0.5) is 5.69 Å². The Morgan fingerprint density at radius 3 is 3.00 bits per heavy atom. The van der Waals surface area contributed by atoms with Gasteiger partial charge in [-0.1, -0.05) is 0 Å². The molecule has 27 heavy (non-hydrogen) atoms. The van der Waals surface area contributed by atoms with Crippen molar-refractivity contribution in [1.82, 2.24) is 0 Å². The second kappa shape index (κ2) is 7.64. The molecule has 0 N–H and O–H groups in total. The van der Waals surface area contributed by atoms with Crippen molar-refractivity contribution in [3.8, 4) is 11.5 Å². The summed E-state index contributed by atoms with van der Waals surface area (Å²) >= 11 is 1.49. The molecule has 1 unspecified atom stereocenters. The molecule has 1 aromatic carbocycles. The largest absolute Gasteiger partial charge is 0.493 e. The normalized spacial score (nSPS) is 21.3. The van der Waals surface area contributed by atoms with E-state index in [1.54, 1.807) is 13.2 Å². The summed E-state index contributed by atoms with van der Waals surface area (Å²) in [5.41, 5.74) is 2.66. The Hall–Kier alpha value is -2.47. The van der Waals surface area contributed by atoms with E-state index >= 15 is 0 Å². The van der Waals surface area contributed by atoms with Crippen LogP contribution in [0.2, 0.25) is 0 Å². The molecule has 2 aromatic rings. The lowest BCUT2D eigenvalue weighted by molar-refractivity contribution is 0.0285. The molecule has 2 aliphatic rings. The summed E-state index contributed by atoms with van der Waals surface area (Å²) in [6.45, 7) is 0.950. The number of methoxy groups -OCH3 is 1. The summed E-state index contributed by atoms with van der Waals surface area (Å²) in [5, 5.41) is 3.69. The summed E-state index contributed by atoms with van der Waals surface area (Å²) in [6, 6.07) is 5.80. The number of esters is 1. The van der Waals surface area contributed by atoms with Gasteiger partial charge in [-0.2, -0.15) is 11.3 Å². The summed E-state index contributed by atoms with van der Waals surface area (Å²) in [6.07, 6.45) is 6.14. The van der Waals surface area contributed by atoms with Crippen LogP contribution in [0, 0.1) is 0 Å². The first-order valence-electron chi connectivity index (χ1n) is 9.16. The van der Waals surface area contributed by atoms with Crippen LogP contribution in [-0.2, 0) is 4.74 Å². The van der Waals surface area contributed by atoms with E-state index in [0.717, 1.165) is 42.1 Å². The highest BCUT2D eigenvalue weighted by atomic mass is 32.1. The van der Waals surface area contributed by atoms with Gasteiger partial charge < -0.3 is 19.1 Å². The summed E-state index contributed by atoms with van der Waals surface area (Å²) in [4.78, 5) is 14.6. The van der Waals surface area contributed by atoms with Gasteiger partial charge >= 0.3 is 5.97 Å². The highest BCUT2D eigenvalue weighted by Crippen LogP contribution is 2.42. The zero-order chi connectivity index (χ0) is 18.8. The summed E-state index contributed by atoms with van der Waals surface area (Å²) < 4.78 is 17.7. The number of rotatable bonds is 3. The monoisotopic (exact) mass is 385 g/mol. The minimum absolute atomic E-state index is 0.0374. The Balaban J connectivity index is 1.70. The number of ether oxygens (including phenoxy) is 3. The van der Waals surface area contributed by atoms with Gasteiger partial charge in [-0.3, -0.25) is 0 Å². The lowest BCUT2D eigenvalue weighted by Crippen LogP contribution is -2.27. The molecule has 4 bridgehead atoms. The zero-order valence-electron chi connectivity index (χ0n) is 15.5. The molecule has 142 valence electrons. The predicted octanol–water partition coefficient (Wildman–Crippen LogP) is 4.38.